The number of nitrogens with zero attached hydrogens (tertiary/aromatic N) is 2. The van der Waals surface area contributed by atoms with Gasteiger partial charge in [-0.2, -0.15) is 0 Å². The van der Waals surface area contributed by atoms with Crippen LogP contribution >= 0.6 is 11.3 Å². The van der Waals surface area contributed by atoms with Crippen molar-refractivity contribution < 1.29 is 19.1 Å². The Morgan fingerprint density at radius 3 is 3.25 bits per heavy atom. The molecule has 1 aliphatic heterocycles. The maximum Gasteiger partial charge on any atom is 0.334 e. The highest BCUT2D eigenvalue weighted by molar-refractivity contribution is 7.13. The number of carbonyl (C=O) groups is 1. The van der Waals surface area contributed by atoms with Crippen molar-refractivity contribution >= 4 is 17.3 Å². The average Bonchev–Trinajstić information content (AvgIpc) is 3.09. The number of hydrogen-bond acceptors (Lipinski definition) is 6. The number of oxazole rings is 1. The van der Waals surface area contributed by atoms with E-state index in [0.29, 0.717) is 32.1 Å². The van der Waals surface area contributed by atoms with Crippen LogP contribution in [-0.4, -0.2) is 46.8 Å². The lowest BCUT2D eigenvalue weighted by atomic mass is 10.2. The topological polar surface area (TPSA) is 75.8 Å². The second-order valence-electron chi connectivity index (χ2n) is 4.55. The minimum atomic E-state index is -0.922. The number of thiophene rings is 1. The van der Waals surface area contributed by atoms with Gasteiger partial charge in [-0.15, -0.1) is 11.3 Å². The summed E-state index contributed by atoms with van der Waals surface area (Å²) < 4.78 is 10.6. The first-order valence-electron chi connectivity index (χ1n) is 6.27. The monoisotopic (exact) mass is 294 g/mol. The van der Waals surface area contributed by atoms with Gasteiger partial charge in [-0.05, 0) is 11.4 Å². The van der Waals surface area contributed by atoms with Crippen LogP contribution in [0.1, 0.15) is 5.69 Å². The summed E-state index contributed by atoms with van der Waals surface area (Å²) >= 11 is 1.57. The molecule has 1 saturated heterocycles. The normalized spacial score (nSPS) is 20.1. The lowest BCUT2D eigenvalue weighted by molar-refractivity contribution is -0.156. The molecule has 0 spiro atoms. The molecule has 20 heavy (non-hydrogen) atoms. The van der Waals surface area contributed by atoms with Gasteiger partial charge >= 0.3 is 5.97 Å². The minimum Gasteiger partial charge on any atom is -0.479 e. The van der Waals surface area contributed by atoms with Crippen molar-refractivity contribution in [1.82, 2.24) is 9.88 Å². The Hall–Kier alpha value is -1.70. The van der Waals surface area contributed by atoms with Crippen molar-refractivity contribution in [1.29, 1.82) is 0 Å². The van der Waals surface area contributed by atoms with Gasteiger partial charge in [0, 0.05) is 19.6 Å². The smallest absolute Gasteiger partial charge is 0.334 e. The van der Waals surface area contributed by atoms with Crippen LogP contribution in [0.15, 0.2) is 28.2 Å². The van der Waals surface area contributed by atoms with Crippen molar-refractivity contribution in [2.24, 2.45) is 0 Å². The van der Waals surface area contributed by atoms with Gasteiger partial charge in [-0.1, -0.05) is 6.07 Å². The van der Waals surface area contributed by atoms with Gasteiger partial charge in [-0.25, -0.2) is 9.78 Å². The predicted octanol–water partition coefficient (Wildman–Crippen LogP) is 1.69. The molecule has 0 bridgehead atoms. The van der Waals surface area contributed by atoms with Crippen molar-refractivity contribution in [2.45, 2.75) is 12.6 Å². The van der Waals surface area contributed by atoms with Gasteiger partial charge < -0.3 is 14.3 Å². The van der Waals surface area contributed by atoms with Gasteiger partial charge in [0.05, 0.1) is 17.2 Å². The highest BCUT2D eigenvalue weighted by Crippen LogP contribution is 2.24. The molecule has 1 fully saturated rings. The van der Waals surface area contributed by atoms with Crippen LogP contribution in [-0.2, 0) is 16.1 Å². The summed E-state index contributed by atoms with van der Waals surface area (Å²) in [5.74, 6) is -0.313. The molecule has 2 aromatic heterocycles. The Bertz CT molecular complexity index is 581. The van der Waals surface area contributed by atoms with E-state index in [9.17, 15) is 4.79 Å². The highest BCUT2D eigenvalue weighted by atomic mass is 32.1. The largest absolute Gasteiger partial charge is 0.479 e. The average molecular weight is 294 g/mol. The van der Waals surface area contributed by atoms with E-state index in [4.69, 9.17) is 14.3 Å². The molecule has 3 rings (SSSR count). The Labute approximate surface area is 119 Å². The zero-order valence-electron chi connectivity index (χ0n) is 10.7. The van der Waals surface area contributed by atoms with Gasteiger partial charge in [0.25, 0.3) is 0 Å². The Morgan fingerprint density at radius 1 is 1.60 bits per heavy atom. The summed E-state index contributed by atoms with van der Waals surface area (Å²) in [4.78, 5) is 18.4. The van der Waals surface area contributed by atoms with Crippen molar-refractivity contribution in [3.05, 3.63) is 29.5 Å². The number of carboxylic acid groups (broad SMARTS) is 1. The summed E-state index contributed by atoms with van der Waals surface area (Å²) in [5, 5.41) is 10.9. The van der Waals surface area contributed by atoms with Crippen LogP contribution in [0.2, 0.25) is 0 Å². The predicted molar refractivity (Wildman–Crippen MR) is 72.5 cm³/mol. The molecule has 7 heteroatoms. The number of carboxylic acids is 1. The first kappa shape index (κ1) is 13.3. The molecule has 1 atom stereocenters. The molecule has 3 heterocycles. The van der Waals surface area contributed by atoms with E-state index < -0.39 is 12.1 Å². The third-order valence-corrected chi connectivity index (χ3v) is 3.95. The fraction of sp³-hybridized carbons (Fsp3) is 0.385. The maximum atomic E-state index is 10.9. The molecule has 0 aliphatic carbocycles. The van der Waals surface area contributed by atoms with Gasteiger partial charge in [0.2, 0.25) is 5.89 Å². The van der Waals surface area contributed by atoms with Crippen molar-refractivity contribution in [2.75, 3.05) is 19.7 Å². The van der Waals surface area contributed by atoms with E-state index in [1.807, 2.05) is 22.4 Å². The standard InChI is InChI=1S/C13H14N2O4S/c16-13(17)10-7-15(3-4-18-10)6-9-8-19-12(14-9)11-2-1-5-20-11/h1-2,5,8,10H,3-4,6-7H2,(H,16,17). The fourth-order valence-corrected chi connectivity index (χ4v) is 2.77. The van der Waals surface area contributed by atoms with Crippen molar-refractivity contribution in [3.8, 4) is 10.8 Å². The summed E-state index contributed by atoms with van der Waals surface area (Å²) in [6, 6.07) is 3.90. The van der Waals surface area contributed by atoms with E-state index >= 15 is 0 Å². The molecule has 6 nitrogen and oxygen atoms in total. The first-order valence-corrected chi connectivity index (χ1v) is 7.15. The highest BCUT2D eigenvalue weighted by Gasteiger charge is 2.26. The number of ether oxygens (including phenoxy) is 1. The molecular weight excluding hydrogens is 280 g/mol. The molecule has 0 aromatic carbocycles. The van der Waals surface area contributed by atoms with E-state index in [2.05, 4.69) is 4.98 Å². The van der Waals surface area contributed by atoms with Crippen LogP contribution in [0, 0.1) is 0 Å². The lowest BCUT2D eigenvalue weighted by Crippen LogP contribution is -2.45. The fourth-order valence-electron chi connectivity index (χ4n) is 2.12. The number of rotatable bonds is 4. The molecule has 0 radical (unpaired) electrons. The van der Waals surface area contributed by atoms with Crippen LogP contribution in [0.25, 0.3) is 10.8 Å². The number of hydrogen-bond donors (Lipinski definition) is 1. The second-order valence-corrected chi connectivity index (χ2v) is 5.50. The molecule has 1 N–H and O–H groups in total. The third-order valence-electron chi connectivity index (χ3n) is 3.10. The molecule has 106 valence electrons. The van der Waals surface area contributed by atoms with E-state index in [1.165, 1.54) is 0 Å². The SMILES string of the molecule is O=C(O)C1CN(Cc2coc(-c3cccs3)n2)CCO1. The Kier molecular flexibility index (Phi) is 3.81. The number of aromatic nitrogens is 1. The Balaban J connectivity index is 1.64. The molecule has 0 saturated carbocycles. The summed E-state index contributed by atoms with van der Waals surface area (Å²) in [5.41, 5.74) is 0.805. The molecule has 1 unspecified atom stereocenters. The minimum absolute atomic E-state index is 0.372. The molecule has 2 aromatic rings. The number of aliphatic carboxylic acids is 1. The zero-order chi connectivity index (χ0) is 13.9. The lowest BCUT2D eigenvalue weighted by Gasteiger charge is -2.29. The Morgan fingerprint density at radius 2 is 2.50 bits per heavy atom. The van der Waals surface area contributed by atoms with Gasteiger partial charge in [0.1, 0.15) is 6.26 Å². The number of morpholine rings is 1. The third kappa shape index (κ3) is 2.90. The maximum absolute atomic E-state index is 10.9. The van der Waals surface area contributed by atoms with Gasteiger partial charge in [-0.3, -0.25) is 4.90 Å². The van der Waals surface area contributed by atoms with E-state index in [0.717, 1.165) is 10.6 Å². The van der Waals surface area contributed by atoms with Crippen LogP contribution < -0.4 is 0 Å². The quantitative estimate of drug-likeness (QED) is 0.924. The summed E-state index contributed by atoms with van der Waals surface area (Å²) in [6.07, 6.45) is 0.868. The molecule has 1 aliphatic rings. The van der Waals surface area contributed by atoms with Crippen LogP contribution in [0.3, 0.4) is 0 Å². The van der Waals surface area contributed by atoms with E-state index in [1.54, 1.807) is 17.6 Å². The zero-order valence-corrected chi connectivity index (χ0v) is 11.5. The van der Waals surface area contributed by atoms with E-state index in [-0.39, 0.29) is 0 Å². The first-order chi connectivity index (χ1) is 9.72. The van der Waals surface area contributed by atoms with Crippen LogP contribution in [0.4, 0.5) is 0 Å². The van der Waals surface area contributed by atoms with Gasteiger partial charge in [0.15, 0.2) is 6.10 Å². The van der Waals surface area contributed by atoms with Crippen molar-refractivity contribution in [3.63, 3.8) is 0 Å². The molecular formula is C13H14N2O4S. The summed E-state index contributed by atoms with van der Waals surface area (Å²) in [7, 11) is 0. The molecule has 0 amide bonds. The van der Waals surface area contributed by atoms with Crippen LogP contribution in [0.5, 0.6) is 0 Å². The summed E-state index contributed by atoms with van der Waals surface area (Å²) in [6.45, 7) is 2.07. The second kappa shape index (κ2) is 5.74.